The van der Waals surface area contributed by atoms with Gasteiger partial charge in [0.2, 0.25) is 5.91 Å². The zero-order chi connectivity index (χ0) is 17.3. The summed E-state index contributed by atoms with van der Waals surface area (Å²) in [6.45, 7) is 17.0. The molecule has 2 heterocycles. The van der Waals surface area contributed by atoms with Gasteiger partial charge in [0.1, 0.15) is 0 Å². The van der Waals surface area contributed by atoms with Crippen molar-refractivity contribution in [3.63, 3.8) is 0 Å². The van der Waals surface area contributed by atoms with Gasteiger partial charge in [-0.2, -0.15) is 0 Å². The second kappa shape index (κ2) is 7.71. The Morgan fingerprint density at radius 2 is 1.75 bits per heavy atom. The third kappa shape index (κ3) is 4.12. The van der Waals surface area contributed by atoms with Crippen LogP contribution in [0.25, 0.3) is 0 Å². The van der Waals surface area contributed by atoms with E-state index < -0.39 is 0 Å². The first-order valence-electron chi connectivity index (χ1n) is 9.95. The van der Waals surface area contributed by atoms with Crippen molar-refractivity contribution in [2.75, 3.05) is 45.8 Å². The average Bonchev–Trinajstić information content (AvgIpc) is 3.13. The fourth-order valence-corrected chi connectivity index (χ4v) is 4.62. The molecular weight excluding hydrogens is 300 g/mol. The van der Waals surface area contributed by atoms with Crippen molar-refractivity contribution < 1.29 is 4.79 Å². The summed E-state index contributed by atoms with van der Waals surface area (Å²) in [7, 11) is 0. The molecule has 1 N–H and O–H groups in total. The largest absolute Gasteiger partial charge is 0.353 e. The maximum absolute atomic E-state index is 11.9. The van der Waals surface area contributed by atoms with E-state index >= 15 is 0 Å². The highest BCUT2D eigenvalue weighted by Gasteiger charge is 2.44. The maximum Gasteiger partial charge on any atom is 0.222 e. The van der Waals surface area contributed by atoms with E-state index in [1.54, 1.807) is 0 Å². The van der Waals surface area contributed by atoms with Gasteiger partial charge in [-0.15, -0.1) is 0 Å². The SMILES string of the molecule is CC(C)C(=O)NC1CC2CC1CN2CCN1CCN(C(C)C)CC1. The van der Waals surface area contributed by atoms with Crippen molar-refractivity contribution >= 4 is 5.91 Å². The van der Waals surface area contributed by atoms with Crippen LogP contribution in [-0.4, -0.2) is 84.5 Å². The normalized spacial score (nSPS) is 32.2. The summed E-state index contributed by atoms with van der Waals surface area (Å²) in [5.41, 5.74) is 0. The number of carbonyl (C=O) groups is 1. The molecule has 1 saturated carbocycles. The van der Waals surface area contributed by atoms with Crippen LogP contribution >= 0.6 is 0 Å². The highest BCUT2D eigenvalue weighted by molar-refractivity contribution is 5.78. The van der Waals surface area contributed by atoms with Crippen LogP contribution in [0.15, 0.2) is 0 Å². The van der Waals surface area contributed by atoms with E-state index in [-0.39, 0.29) is 11.8 Å². The first-order valence-corrected chi connectivity index (χ1v) is 9.95. The van der Waals surface area contributed by atoms with E-state index in [4.69, 9.17) is 0 Å². The van der Waals surface area contributed by atoms with E-state index in [9.17, 15) is 4.79 Å². The Morgan fingerprint density at radius 1 is 1.04 bits per heavy atom. The lowest BCUT2D eigenvalue weighted by Gasteiger charge is -2.38. The molecule has 3 fully saturated rings. The number of amides is 1. The molecule has 2 saturated heterocycles. The molecule has 0 aromatic heterocycles. The van der Waals surface area contributed by atoms with Crippen LogP contribution in [0.4, 0.5) is 0 Å². The summed E-state index contributed by atoms with van der Waals surface area (Å²) in [5, 5.41) is 3.27. The fraction of sp³-hybridized carbons (Fsp3) is 0.947. The number of nitrogens with one attached hydrogen (secondary N) is 1. The average molecular weight is 337 g/mol. The van der Waals surface area contributed by atoms with Gasteiger partial charge in [0.15, 0.2) is 0 Å². The molecule has 0 radical (unpaired) electrons. The Kier molecular flexibility index (Phi) is 5.83. The highest BCUT2D eigenvalue weighted by atomic mass is 16.1. The number of hydrogen-bond acceptors (Lipinski definition) is 4. The number of carbonyl (C=O) groups excluding carboxylic acids is 1. The second-order valence-corrected chi connectivity index (χ2v) is 8.62. The summed E-state index contributed by atoms with van der Waals surface area (Å²) in [5.74, 6) is 1.00. The number of likely N-dealkylation sites (tertiary alicyclic amines) is 1. The topological polar surface area (TPSA) is 38.8 Å². The van der Waals surface area contributed by atoms with Gasteiger partial charge in [-0.25, -0.2) is 0 Å². The quantitative estimate of drug-likeness (QED) is 0.792. The molecule has 1 amide bonds. The van der Waals surface area contributed by atoms with E-state index in [2.05, 4.69) is 33.9 Å². The van der Waals surface area contributed by atoms with Crippen molar-refractivity contribution in [3.05, 3.63) is 0 Å². The predicted molar refractivity (Wildman–Crippen MR) is 98.0 cm³/mol. The van der Waals surface area contributed by atoms with Crippen molar-refractivity contribution in [2.45, 2.75) is 58.7 Å². The highest BCUT2D eigenvalue weighted by Crippen LogP contribution is 2.37. The Balaban J connectivity index is 1.37. The lowest BCUT2D eigenvalue weighted by molar-refractivity contribution is -0.125. The Labute approximate surface area is 147 Å². The van der Waals surface area contributed by atoms with Gasteiger partial charge in [0.25, 0.3) is 0 Å². The number of hydrogen-bond donors (Lipinski definition) is 1. The standard InChI is InChI=1S/C19H36N4O/c1-14(2)19(24)20-18-12-17-11-16(18)13-23(17)10-7-21-5-8-22(9-6-21)15(3)4/h14-18H,5-13H2,1-4H3,(H,20,24). The number of piperazine rings is 1. The van der Waals surface area contributed by atoms with Crippen molar-refractivity contribution in [2.24, 2.45) is 11.8 Å². The van der Waals surface area contributed by atoms with E-state index in [1.807, 2.05) is 13.8 Å². The molecule has 3 rings (SSSR count). The van der Waals surface area contributed by atoms with Crippen LogP contribution in [0.2, 0.25) is 0 Å². The molecular formula is C19H36N4O. The molecule has 0 aromatic carbocycles. The van der Waals surface area contributed by atoms with Crippen LogP contribution in [0.5, 0.6) is 0 Å². The van der Waals surface area contributed by atoms with Gasteiger partial charge in [-0.1, -0.05) is 13.8 Å². The van der Waals surface area contributed by atoms with Gasteiger partial charge < -0.3 is 5.32 Å². The summed E-state index contributed by atoms with van der Waals surface area (Å²) in [6.07, 6.45) is 2.44. The van der Waals surface area contributed by atoms with Crippen molar-refractivity contribution in [1.82, 2.24) is 20.0 Å². The van der Waals surface area contributed by atoms with E-state index in [0.717, 1.165) is 6.42 Å². The molecule has 2 bridgehead atoms. The van der Waals surface area contributed by atoms with Gasteiger partial charge in [0.05, 0.1) is 0 Å². The molecule has 3 unspecified atom stereocenters. The van der Waals surface area contributed by atoms with E-state index in [0.29, 0.717) is 24.0 Å². The number of piperidine rings is 1. The Hall–Kier alpha value is -0.650. The van der Waals surface area contributed by atoms with Gasteiger partial charge in [0, 0.05) is 69.9 Å². The maximum atomic E-state index is 11.9. The first kappa shape index (κ1) is 18.2. The Bertz CT molecular complexity index is 431. The van der Waals surface area contributed by atoms with Gasteiger partial charge in [-0.05, 0) is 32.6 Å². The number of nitrogens with zero attached hydrogens (tertiary/aromatic N) is 3. The number of fused-ring (bicyclic) bond motifs is 2. The third-order valence-corrected chi connectivity index (χ3v) is 6.35. The smallest absolute Gasteiger partial charge is 0.222 e. The van der Waals surface area contributed by atoms with Gasteiger partial charge in [-0.3, -0.25) is 19.5 Å². The molecule has 3 atom stereocenters. The molecule has 2 aliphatic heterocycles. The van der Waals surface area contributed by atoms with Gasteiger partial charge >= 0.3 is 0 Å². The third-order valence-electron chi connectivity index (χ3n) is 6.35. The molecule has 0 spiro atoms. The minimum atomic E-state index is 0.102. The minimum Gasteiger partial charge on any atom is -0.353 e. The van der Waals surface area contributed by atoms with E-state index in [1.165, 1.54) is 52.2 Å². The van der Waals surface area contributed by atoms with Crippen LogP contribution in [-0.2, 0) is 4.79 Å². The second-order valence-electron chi connectivity index (χ2n) is 8.62. The minimum absolute atomic E-state index is 0.102. The summed E-state index contributed by atoms with van der Waals surface area (Å²) in [4.78, 5) is 19.8. The molecule has 24 heavy (non-hydrogen) atoms. The lowest BCUT2D eigenvalue weighted by Crippen LogP contribution is -2.52. The van der Waals surface area contributed by atoms with Crippen LogP contribution in [0.1, 0.15) is 40.5 Å². The van der Waals surface area contributed by atoms with Crippen LogP contribution < -0.4 is 5.32 Å². The molecule has 1 aliphatic carbocycles. The Morgan fingerprint density at radius 3 is 2.29 bits per heavy atom. The number of rotatable bonds is 6. The van der Waals surface area contributed by atoms with Crippen LogP contribution in [0.3, 0.4) is 0 Å². The summed E-state index contributed by atoms with van der Waals surface area (Å²) in [6, 6.07) is 1.81. The van der Waals surface area contributed by atoms with Crippen molar-refractivity contribution in [3.8, 4) is 0 Å². The predicted octanol–water partition coefficient (Wildman–Crippen LogP) is 1.25. The summed E-state index contributed by atoms with van der Waals surface area (Å²) >= 11 is 0. The summed E-state index contributed by atoms with van der Waals surface area (Å²) < 4.78 is 0. The lowest BCUT2D eigenvalue weighted by atomic mass is 10.0. The zero-order valence-electron chi connectivity index (χ0n) is 16.0. The molecule has 0 aromatic rings. The first-order chi connectivity index (χ1) is 11.4. The van der Waals surface area contributed by atoms with Crippen molar-refractivity contribution in [1.29, 1.82) is 0 Å². The molecule has 5 nitrogen and oxygen atoms in total. The molecule has 5 heteroatoms. The monoisotopic (exact) mass is 336 g/mol. The van der Waals surface area contributed by atoms with Crippen LogP contribution in [0, 0.1) is 11.8 Å². The fourth-order valence-electron chi connectivity index (χ4n) is 4.62. The molecule has 138 valence electrons. The molecule has 3 aliphatic rings. The zero-order valence-corrected chi connectivity index (χ0v) is 16.0.